The van der Waals surface area contributed by atoms with Gasteiger partial charge in [-0.1, -0.05) is 34.5 Å². The maximum absolute atomic E-state index is 15.4. The summed E-state index contributed by atoms with van der Waals surface area (Å²) in [5.41, 5.74) is -1.58. The number of ether oxygens (including phenoxy) is 3. The van der Waals surface area contributed by atoms with Crippen LogP contribution in [-0.4, -0.2) is 58.5 Å². The zero-order valence-electron chi connectivity index (χ0n) is 29.6. The minimum absolute atomic E-state index is 0.0411. The molecule has 0 aliphatic heterocycles. The molecule has 2 aromatic carbocycles. The smallest absolute Gasteiger partial charge is 0.475 e. The molecule has 0 bridgehead atoms. The number of hydrogen-bond acceptors (Lipinski definition) is 11. The number of nitrogens with zero attached hydrogens (tertiary/aromatic N) is 2. The van der Waals surface area contributed by atoms with Crippen molar-refractivity contribution in [3.63, 3.8) is 0 Å². The lowest BCUT2D eigenvalue weighted by Crippen LogP contribution is -2.44. The lowest BCUT2D eigenvalue weighted by molar-refractivity contribution is -0.00235. The number of alkyl carbamates (subject to hydrolysis) is 1. The third kappa shape index (κ3) is 13.6. The fraction of sp³-hybridized carbons (Fsp3) is 0.545. The van der Waals surface area contributed by atoms with Crippen molar-refractivity contribution in [2.45, 2.75) is 105 Å². The molecule has 49 heavy (non-hydrogen) atoms. The van der Waals surface area contributed by atoms with E-state index in [1.165, 1.54) is 23.5 Å². The molecule has 272 valence electrons. The summed E-state index contributed by atoms with van der Waals surface area (Å²) in [6.45, 7) is 18.4. The number of benzene rings is 2. The van der Waals surface area contributed by atoms with Gasteiger partial charge in [-0.15, -0.1) is 10.2 Å². The van der Waals surface area contributed by atoms with Crippen LogP contribution in [0.1, 0.15) is 76.2 Å². The first-order chi connectivity index (χ1) is 22.4. The maximum atomic E-state index is 15.4. The molecule has 1 aromatic heterocycles. The molecular formula is C33H45Cl2FN3O8PS. The second-order valence-electron chi connectivity index (χ2n) is 14.3. The van der Waals surface area contributed by atoms with Crippen LogP contribution in [0.5, 0.6) is 11.5 Å². The Morgan fingerprint density at radius 1 is 0.878 bits per heavy atom. The van der Waals surface area contributed by atoms with E-state index in [0.29, 0.717) is 31.9 Å². The molecule has 1 unspecified atom stereocenters. The highest BCUT2D eigenvalue weighted by molar-refractivity contribution is 7.48. The van der Waals surface area contributed by atoms with Gasteiger partial charge in [0.2, 0.25) is 0 Å². The van der Waals surface area contributed by atoms with Crippen LogP contribution < -0.4 is 14.8 Å². The van der Waals surface area contributed by atoms with E-state index in [-0.39, 0.29) is 23.5 Å². The van der Waals surface area contributed by atoms with Crippen LogP contribution >= 0.6 is 42.4 Å². The average Bonchev–Trinajstić information content (AvgIpc) is 3.39. The summed E-state index contributed by atoms with van der Waals surface area (Å²) in [7, 11) is -4.15. The normalized spacial score (nSPS) is 13.4. The fourth-order valence-electron chi connectivity index (χ4n) is 3.95. The summed E-state index contributed by atoms with van der Waals surface area (Å²) < 4.78 is 62.9. The first kappa shape index (κ1) is 40.9. The minimum atomic E-state index is -4.15. The van der Waals surface area contributed by atoms with Crippen molar-refractivity contribution in [1.29, 1.82) is 0 Å². The summed E-state index contributed by atoms with van der Waals surface area (Å²) in [4.78, 5) is 12.7. The number of carbonyl (C=O) groups is 1. The number of carbonyl (C=O) groups excluding carboxylic acids is 1. The SMILES string of the molecule is CC(C)Oc1ccc(-c2nnc(-c3cc(F)c(OCC(COP(=O)(OC(C)(C)C)OC(C)(C)C)NC(=O)OC(C)(C)C)cc3Cl)s2)cc1Cl. The third-order valence-corrected chi connectivity index (χ3v) is 9.21. The van der Waals surface area contributed by atoms with Crippen molar-refractivity contribution in [2.75, 3.05) is 13.2 Å². The van der Waals surface area contributed by atoms with Gasteiger partial charge in [0.05, 0.1) is 40.0 Å². The van der Waals surface area contributed by atoms with Gasteiger partial charge in [-0.25, -0.2) is 13.8 Å². The molecular weight excluding hydrogens is 719 g/mol. The van der Waals surface area contributed by atoms with Crippen LogP contribution in [0.2, 0.25) is 10.0 Å². The number of hydrogen-bond donors (Lipinski definition) is 1. The molecule has 11 nitrogen and oxygen atoms in total. The highest BCUT2D eigenvalue weighted by Crippen LogP contribution is 2.55. The number of nitrogens with one attached hydrogen (secondary N) is 1. The second kappa shape index (κ2) is 16.2. The summed E-state index contributed by atoms with van der Waals surface area (Å²) >= 11 is 14.2. The van der Waals surface area contributed by atoms with Gasteiger partial charge in [-0.05, 0) is 100 Å². The topological polar surface area (TPSA) is 127 Å². The van der Waals surface area contributed by atoms with Crippen molar-refractivity contribution >= 4 is 48.5 Å². The standard InChI is InChI=1S/C33H45Cl2FN3O8PS/c1-19(2)44-26-13-12-20(14-24(26)35)28-38-39-29(49-28)22-15-25(36)27(16-23(22)34)42-17-21(37-30(40)45-31(3,4)5)18-43-48(41,46-32(6,7)8)47-33(9,10)11/h12-16,19,21H,17-18H2,1-11H3,(H,37,40). The number of aromatic nitrogens is 2. The second-order valence-corrected chi connectivity index (χ2v) is 17.6. The van der Waals surface area contributed by atoms with Gasteiger partial charge in [0, 0.05) is 17.2 Å². The molecule has 0 spiro atoms. The molecule has 0 aliphatic carbocycles. The Kier molecular flexibility index (Phi) is 13.5. The highest BCUT2D eigenvalue weighted by atomic mass is 35.5. The molecule has 1 amide bonds. The van der Waals surface area contributed by atoms with Gasteiger partial charge >= 0.3 is 13.9 Å². The number of amides is 1. The molecule has 1 N–H and O–H groups in total. The van der Waals surface area contributed by atoms with E-state index in [4.69, 9.17) is 51.0 Å². The first-order valence-corrected chi connectivity index (χ1v) is 18.5. The molecule has 0 saturated carbocycles. The first-order valence-electron chi connectivity index (χ1n) is 15.5. The van der Waals surface area contributed by atoms with Crippen LogP contribution in [0.4, 0.5) is 9.18 Å². The predicted molar refractivity (Wildman–Crippen MR) is 190 cm³/mol. The number of phosphoric acid groups is 1. The molecule has 3 aromatic rings. The van der Waals surface area contributed by atoms with Crippen LogP contribution in [0.25, 0.3) is 21.1 Å². The van der Waals surface area contributed by atoms with Crippen LogP contribution in [0.3, 0.4) is 0 Å². The fourth-order valence-corrected chi connectivity index (χ4v) is 7.20. The molecule has 3 rings (SSSR count). The Bertz CT molecular complexity index is 1630. The van der Waals surface area contributed by atoms with E-state index in [1.807, 2.05) is 19.9 Å². The van der Waals surface area contributed by atoms with Crippen LogP contribution in [0.15, 0.2) is 30.3 Å². The average molecular weight is 765 g/mol. The summed E-state index contributed by atoms with van der Waals surface area (Å²) in [6, 6.07) is 6.78. The van der Waals surface area contributed by atoms with E-state index < -0.39 is 49.2 Å². The van der Waals surface area contributed by atoms with Crippen molar-refractivity contribution in [3.05, 3.63) is 46.2 Å². The largest absolute Gasteiger partial charge is 0.489 e. The summed E-state index contributed by atoms with van der Waals surface area (Å²) in [6.07, 6.45) is -0.835. The van der Waals surface area contributed by atoms with Crippen molar-refractivity contribution in [3.8, 4) is 32.6 Å². The summed E-state index contributed by atoms with van der Waals surface area (Å²) in [5.74, 6) is -0.405. The van der Waals surface area contributed by atoms with Gasteiger partial charge in [-0.3, -0.25) is 13.6 Å². The molecule has 0 saturated heterocycles. The Hall–Kier alpha value is -2.51. The Morgan fingerprint density at radius 3 is 2.04 bits per heavy atom. The number of phosphoric ester groups is 1. The van der Waals surface area contributed by atoms with Gasteiger partial charge < -0.3 is 19.5 Å². The van der Waals surface area contributed by atoms with Crippen LogP contribution in [0, 0.1) is 5.82 Å². The van der Waals surface area contributed by atoms with E-state index in [0.717, 1.165) is 0 Å². The molecule has 0 radical (unpaired) electrons. The van der Waals surface area contributed by atoms with Gasteiger partial charge in [-0.2, -0.15) is 0 Å². The van der Waals surface area contributed by atoms with Crippen LogP contribution in [-0.2, 0) is 22.9 Å². The quantitative estimate of drug-likeness (QED) is 0.168. The van der Waals surface area contributed by atoms with E-state index in [2.05, 4.69) is 15.5 Å². The monoisotopic (exact) mass is 763 g/mol. The lowest BCUT2D eigenvalue weighted by Gasteiger charge is -2.32. The number of rotatable bonds is 13. The zero-order chi connectivity index (χ0) is 36.9. The van der Waals surface area contributed by atoms with E-state index in [1.54, 1.807) is 74.4 Å². The Balaban J connectivity index is 1.81. The van der Waals surface area contributed by atoms with Gasteiger partial charge in [0.25, 0.3) is 0 Å². The van der Waals surface area contributed by atoms with Gasteiger partial charge in [0.1, 0.15) is 28.0 Å². The molecule has 0 aliphatic rings. The summed E-state index contributed by atoms with van der Waals surface area (Å²) in [5, 5.41) is 12.5. The van der Waals surface area contributed by atoms with Crippen molar-refractivity contribution in [1.82, 2.24) is 15.5 Å². The zero-order valence-corrected chi connectivity index (χ0v) is 32.8. The maximum Gasteiger partial charge on any atom is 0.475 e. The molecule has 1 atom stereocenters. The Labute approximate surface area is 301 Å². The lowest BCUT2D eigenvalue weighted by atomic mass is 10.2. The molecule has 0 fully saturated rings. The predicted octanol–water partition coefficient (Wildman–Crippen LogP) is 10.1. The molecule has 1 heterocycles. The minimum Gasteiger partial charge on any atom is -0.489 e. The molecule has 16 heteroatoms. The third-order valence-electron chi connectivity index (χ3n) is 5.58. The Morgan fingerprint density at radius 2 is 1.49 bits per heavy atom. The highest BCUT2D eigenvalue weighted by Gasteiger charge is 2.38. The van der Waals surface area contributed by atoms with E-state index in [9.17, 15) is 9.36 Å². The van der Waals surface area contributed by atoms with E-state index >= 15 is 4.39 Å². The van der Waals surface area contributed by atoms with Crippen molar-refractivity contribution < 1.29 is 41.5 Å². The van der Waals surface area contributed by atoms with Gasteiger partial charge in [0.15, 0.2) is 11.6 Å². The number of halogens is 3. The van der Waals surface area contributed by atoms with Crippen molar-refractivity contribution in [2.24, 2.45) is 0 Å².